The van der Waals surface area contributed by atoms with Gasteiger partial charge in [-0.3, -0.25) is 0 Å². The summed E-state index contributed by atoms with van der Waals surface area (Å²) in [6.07, 6.45) is 19.6. The van der Waals surface area contributed by atoms with E-state index in [0.717, 1.165) is 55.3 Å². The van der Waals surface area contributed by atoms with Crippen molar-refractivity contribution < 1.29 is 10.2 Å². The first kappa shape index (κ1) is 32.1. The fourth-order valence-corrected chi connectivity index (χ4v) is 7.59. The van der Waals surface area contributed by atoms with Gasteiger partial charge < -0.3 is 10.2 Å². The van der Waals surface area contributed by atoms with Crippen LogP contribution in [0.5, 0.6) is 0 Å². The molecule has 0 heterocycles. The SMILES string of the molecule is CCC(C)C(CCC[C@@H](O)C(C)C[C@@H]1CCCC(C(C)CCC(C)C)C1)CC(O)C1CCC(C)CC1. The number of rotatable bonds is 16. The molecule has 6 unspecified atom stereocenters. The van der Waals surface area contributed by atoms with Crippen LogP contribution in [0.2, 0.25) is 0 Å². The van der Waals surface area contributed by atoms with Crippen LogP contribution in [-0.4, -0.2) is 22.4 Å². The van der Waals surface area contributed by atoms with E-state index >= 15 is 0 Å². The van der Waals surface area contributed by atoms with E-state index in [-0.39, 0.29) is 12.2 Å². The molecule has 2 aliphatic carbocycles. The maximum Gasteiger partial charge on any atom is 0.0571 e. The van der Waals surface area contributed by atoms with Crippen LogP contribution in [0.1, 0.15) is 151 Å². The van der Waals surface area contributed by atoms with Gasteiger partial charge in [-0.2, -0.15) is 0 Å². The Morgan fingerprint density at radius 1 is 0.750 bits per heavy atom. The lowest BCUT2D eigenvalue weighted by atomic mass is 9.71. The van der Waals surface area contributed by atoms with Gasteiger partial charge in [0.1, 0.15) is 0 Å². The summed E-state index contributed by atoms with van der Waals surface area (Å²) in [4.78, 5) is 0. The van der Waals surface area contributed by atoms with Crippen molar-refractivity contribution in [3.63, 3.8) is 0 Å². The zero-order valence-electron chi connectivity index (χ0n) is 25.6. The van der Waals surface area contributed by atoms with Crippen molar-refractivity contribution in [2.75, 3.05) is 0 Å². The van der Waals surface area contributed by atoms with Gasteiger partial charge in [-0.05, 0) is 91.8 Å². The zero-order valence-corrected chi connectivity index (χ0v) is 25.6. The van der Waals surface area contributed by atoms with Crippen molar-refractivity contribution in [3.05, 3.63) is 0 Å². The molecule has 0 bridgehead atoms. The van der Waals surface area contributed by atoms with Crippen LogP contribution in [0.15, 0.2) is 0 Å². The molecule has 0 spiro atoms. The highest BCUT2D eigenvalue weighted by Gasteiger charge is 2.30. The third-order valence-electron chi connectivity index (χ3n) is 10.9. The molecule has 2 nitrogen and oxygen atoms in total. The molecule has 0 aromatic carbocycles. The van der Waals surface area contributed by atoms with E-state index in [1.54, 1.807) is 0 Å². The predicted molar refractivity (Wildman–Crippen MR) is 157 cm³/mol. The molecule has 214 valence electrons. The maximum absolute atomic E-state index is 11.0. The van der Waals surface area contributed by atoms with E-state index in [9.17, 15) is 10.2 Å². The summed E-state index contributed by atoms with van der Waals surface area (Å²) in [7, 11) is 0. The quantitative estimate of drug-likeness (QED) is 0.219. The lowest BCUT2D eigenvalue weighted by molar-refractivity contribution is 0.0417. The highest BCUT2D eigenvalue weighted by Crippen LogP contribution is 2.40. The highest BCUT2D eigenvalue weighted by molar-refractivity contribution is 4.82. The Hall–Kier alpha value is -0.0800. The summed E-state index contributed by atoms with van der Waals surface area (Å²) in [6.45, 7) is 16.5. The summed E-state index contributed by atoms with van der Waals surface area (Å²) in [6, 6.07) is 0. The van der Waals surface area contributed by atoms with E-state index < -0.39 is 0 Å². The largest absolute Gasteiger partial charge is 0.393 e. The van der Waals surface area contributed by atoms with Crippen molar-refractivity contribution in [2.45, 2.75) is 163 Å². The monoisotopic (exact) mass is 507 g/mol. The summed E-state index contributed by atoms with van der Waals surface area (Å²) < 4.78 is 0. The smallest absolute Gasteiger partial charge is 0.0571 e. The number of hydrogen-bond acceptors (Lipinski definition) is 2. The average Bonchev–Trinajstić information content (AvgIpc) is 2.86. The minimum Gasteiger partial charge on any atom is -0.393 e. The number of aliphatic hydroxyl groups is 2. The van der Waals surface area contributed by atoms with Gasteiger partial charge in [-0.1, -0.05) is 113 Å². The first-order valence-electron chi connectivity index (χ1n) is 16.5. The molecular formula is C34H66O2. The van der Waals surface area contributed by atoms with Crippen molar-refractivity contribution in [1.29, 1.82) is 0 Å². The number of hydrogen-bond donors (Lipinski definition) is 2. The van der Waals surface area contributed by atoms with Gasteiger partial charge in [0.05, 0.1) is 12.2 Å². The van der Waals surface area contributed by atoms with Gasteiger partial charge in [0.2, 0.25) is 0 Å². The second-order valence-corrected chi connectivity index (χ2v) is 14.4. The molecule has 0 radical (unpaired) electrons. The predicted octanol–water partition coefficient (Wildman–Crippen LogP) is 9.66. The lowest BCUT2D eigenvalue weighted by Gasteiger charge is -2.35. The Morgan fingerprint density at radius 3 is 2.08 bits per heavy atom. The van der Waals surface area contributed by atoms with Gasteiger partial charge in [-0.25, -0.2) is 0 Å². The van der Waals surface area contributed by atoms with Gasteiger partial charge in [-0.15, -0.1) is 0 Å². The van der Waals surface area contributed by atoms with Crippen molar-refractivity contribution in [2.24, 2.45) is 53.3 Å². The van der Waals surface area contributed by atoms with Crippen LogP contribution < -0.4 is 0 Å². The average molecular weight is 507 g/mol. The van der Waals surface area contributed by atoms with E-state index in [1.165, 1.54) is 77.0 Å². The second-order valence-electron chi connectivity index (χ2n) is 14.4. The topological polar surface area (TPSA) is 40.5 Å². The maximum atomic E-state index is 11.0. The molecule has 0 saturated heterocycles. The Labute approximate surface area is 226 Å². The molecule has 2 aliphatic rings. The summed E-state index contributed by atoms with van der Waals surface area (Å²) in [5.74, 6) is 6.43. The van der Waals surface area contributed by atoms with Crippen LogP contribution in [0, 0.1) is 53.3 Å². The molecule has 2 heteroatoms. The standard InChI is InChI=1S/C34H66O2/c1-8-26(5)32(23-34(36)30-19-16-25(4)17-20-30)13-10-14-33(35)28(7)21-29-11-9-12-31(22-29)27(6)18-15-24(2)3/h24-36H,8-23H2,1-7H3/t25?,26?,27?,28?,29-,30?,31?,32?,33+,34?/m0/s1. The van der Waals surface area contributed by atoms with Gasteiger partial charge in [0, 0.05) is 0 Å². The molecule has 0 aliphatic heterocycles. The lowest BCUT2D eigenvalue weighted by Crippen LogP contribution is -2.29. The summed E-state index contributed by atoms with van der Waals surface area (Å²) in [5.41, 5.74) is 0. The molecule has 0 amide bonds. The minimum atomic E-state index is -0.161. The number of aliphatic hydroxyl groups excluding tert-OH is 2. The fraction of sp³-hybridized carbons (Fsp3) is 1.00. The molecular weight excluding hydrogens is 440 g/mol. The summed E-state index contributed by atoms with van der Waals surface area (Å²) >= 11 is 0. The van der Waals surface area contributed by atoms with Gasteiger partial charge in [0.15, 0.2) is 0 Å². The second kappa shape index (κ2) is 16.8. The van der Waals surface area contributed by atoms with Crippen molar-refractivity contribution in [1.82, 2.24) is 0 Å². The molecule has 2 saturated carbocycles. The van der Waals surface area contributed by atoms with Crippen LogP contribution >= 0.6 is 0 Å². The van der Waals surface area contributed by atoms with Crippen LogP contribution in [0.25, 0.3) is 0 Å². The third-order valence-corrected chi connectivity index (χ3v) is 10.9. The van der Waals surface area contributed by atoms with E-state index in [0.29, 0.717) is 23.7 Å². The van der Waals surface area contributed by atoms with E-state index in [4.69, 9.17) is 0 Å². The molecule has 2 rings (SSSR count). The first-order valence-corrected chi connectivity index (χ1v) is 16.5. The molecule has 0 aromatic rings. The third kappa shape index (κ3) is 11.3. The minimum absolute atomic E-state index is 0.123. The van der Waals surface area contributed by atoms with Crippen LogP contribution in [-0.2, 0) is 0 Å². The van der Waals surface area contributed by atoms with Crippen LogP contribution in [0.3, 0.4) is 0 Å². The Bertz CT molecular complexity index is 551. The molecule has 0 aromatic heterocycles. The van der Waals surface area contributed by atoms with Crippen molar-refractivity contribution in [3.8, 4) is 0 Å². The molecule has 36 heavy (non-hydrogen) atoms. The first-order chi connectivity index (χ1) is 17.1. The Balaban J connectivity index is 1.74. The van der Waals surface area contributed by atoms with Crippen LogP contribution in [0.4, 0.5) is 0 Å². The van der Waals surface area contributed by atoms with Gasteiger partial charge >= 0.3 is 0 Å². The summed E-state index contributed by atoms with van der Waals surface area (Å²) in [5, 5.41) is 22.1. The normalized spacial score (nSPS) is 30.5. The van der Waals surface area contributed by atoms with E-state index in [2.05, 4.69) is 48.5 Å². The highest BCUT2D eigenvalue weighted by atomic mass is 16.3. The fourth-order valence-electron chi connectivity index (χ4n) is 7.59. The van der Waals surface area contributed by atoms with Gasteiger partial charge in [0.25, 0.3) is 0 Å². The molecule has 2 fully saturated rings. The zero-order chi connectivity index (χ0) is 26.7. The Morgan fingerprint density at radius 2 is 1.44 bits per heavy atom. The van der Waals surface area contributed by atoms with E-state index in [1.807, 2.05) is 0 Å². The molecule has 2 N–H and O–H groups in total. The van der Waals surface area contributed by atoms with Crippen molar-refractivity contribution >= 4 is 0 Å². The molecule has 8 atom stereocenters. The Kier molecular flexibility index (Phi) is 15.0.